The number of pyridine rings is 1. The van der Waals surface area contributed by atoms with Crippen molar-refractivity contribution in [2.75, 3.05) is 7.05 Å². The molecular formula is C32H23IrN3O. The molecular weight excluding hydrogens is 635 g/mol. The fourth-order valence-corrected chi connectivity index (χ4v) is 4.35. The number of rotatable bonds is 2. The Hall–Kier alpha value is -4.14. The number of nitrogens with zero attached hydrogens (tertiary/aromatic N) is 3. The molecule has 0 unspecified atom stereocenters. The second kappa shape index (κ2) is 10.5. The van der Waals surface area contributed by atoms with Gasteiger partial charge in [-0.2, -0.15) is 0 Å². The van der Waals surface area contributed by atoms with Crippen LogP contribution in [-0.4, -0.2) is 22.6 Å². The van der Waals surface area contributed by atoms with E-state index < -0.39 is 0 Å². The fraction of sp³-hybridized carbons (Fsp3) is 0.0625. The molecule has 181 valence electrons. The van der Waals surface area contributed by atoms with E-state index in [0.29, 0.717) is 0 Å². The molecule has 5 heteroatoms. The molecule has 0 saturated heterocycles. The zero-order valence-electron chi connectivity index (χ0n) is 20.4. The van der Waals surface area contributed by atoms with Crippen molar-refractivity contribution in [1.29, 1.82) is 0 Å². The molecule has 0 aliphatic carbocycles. The molecule has 37 heavy (non-hydrogen) atoms. The first-order valence-corrected chi connectivity index (χ1v) is 11.8. The molecule has 0 amide bonds. The van der Waals surface area contributed by atoms with Crippen LogP contribution in [0.3, 0.4) is 0 Å². The van der Waals surface area contributed by atoms with Gasteiger partial charge in [-0.25, -0.2) is 0 Å². The van der Waals surface area contributed by atoms with Gasteiger partial charge in [-0.05, 0) is 24.2 Å². The van der Waals surface area contributed by atoms with Gasteiger partial charge in [0.2, 0.25) is 0 Å². The summed E-state index contributed by atoms with van der Waals surface area (Å²) < 4.78 is 9.92. The molecule has 0 fully saturated rings. The molecule has 0 spiro atoms. The third-order valence-corrected chi connectivity index (χ3v) is 6.17. The number of furan rings is 1. The predicted octanol–water partition coefficient (Wildman–Crippen LogP) is 7.54. The van der Waals surface area contributed by atoms with E-state index in [1.165, 1.54) is 5.56 Å². The van der Waals surface area contributed by atoms with E-state index >= 15 is 0 Å². The van der Waals surface area contributed by atoms with Crippen LogP contribution in [0.15, 0.2) is 108 Å². The molecule has 1 radical (unpaired) electrons. The molecule has 6 aromatic rings. The summed E-state index contributed by atoms with van der Waals surface area (Å²) in [4.78, 5) is 4.32. The number of aromatic nitrogens is 1. The maximum atomic E-state index is 5.88. The van der Waals surface area contributed by atoms with E-state index in [9.17, 15) is 0 Å². The van der Waals surface area contributed by atoms with Crippen LogP contribution < -0.4 is 4.58 Å². The van der Waals surface area contributed by atoms with E-state index in [2.05, 4.69) is 53.5 Å². The second-order valence-corrected chi connectivity index (χ2v) is 8.67. The van der Waals surface area contributed by atoms with Crippen LogP contribution >= 0.6 is 0 Å². The molecule has 1 aliphatic heterocycles. The Morgan fingerprint density at radius 2 is 1.59 bits per heavy atom. The Balaban J connectivity index is 0.000000172. The maximum absolute atomic E-state index is 5.88. The summed E-state index contributed by atoms with van der Waals surface area (Å²) in [6.07, 6.45) is 1.87. The average Bonchev–Trinajstić information content (AvgIpc) is 3.47. The second-order valence-electron chi connectivity index (χ2n) is 8.67. The average molecular weight is 658 g/mol. The van der Waals surface area contributed by atoms with Crippen LogP contribution in [-0.2, 0) is 20.1 Å². The first-order valence-electron chi connectivity index (χ1n) is 11.8. The third kappa shape index (κ3) is 4.81. The quantitative estimate of drug-likeness (QED) is 0.142. The van der Waals surface area contributed by atoms with Crippen molar-refractivity contribution >= 4 is 45.0 Å². The normalized spacial score (nSPS) is 11.7. The van der Waals surface area contributed by atoms with Gasteiger partial charge in [0.1, 0.15) is 11.3 Å². The minimum atomic E-state index is 0. The molecule has 2 aromatic heterocycles. The standard InChI is InChI=1S/C20H13N2O.C12H10N.Ir/c1-21-13-22(18-8-4-3-7-17(18)21)14-10-11-20-16(12-14)15-6-2-5-9-19(15)23-20;1-10-7-8-12(13-9-10)11-5-3-2-4-6-11;/h2-9,11-12H,1H3;2-5,7-9H,1H3;/q+1;-1;. The fourth-order valence-electron chi connectivity index (χ4n) is 4.35. The number of hydrogen-bond acceptors (Lipinski definition) is 2. The number of fused-ring (bicyclic) bond motifs is 4. The van der Waals surface area contributed by atoms with E-state index in [0.717, 1.165) is 50.3 Å². The Bertz CT molecular complexity index is 1780. The van der Waals surface area contributed by atoms with E-state index in [-0.39, 0.29) is 20.1 Å². The van der Waals surface area contributed by atoms with Crippen LogP contribution in [0, 0.1) is 19.1 Å². The van der Waals surface area contributed by atoms with Gasteiger partial charge in [0.05, 0.1) is 0 Å². The summed E-state index contributed by atoms with van der Waals surface area (Å²) in [6, 6.07) is 42.1. The van der Waals surface area contributed by atoms with Gasteiger partial charge in [-0.3, -0.25) is 0 Å². The largest absolute Gasteiger partial charge is 0.516 e. The first-order chi connectivity index (χ1) is 17.7. The van der Waals surface area contributed by atoms with Crippen LogP contribution in [0.25, 0.3) is 33.2 Å². The Labute approximate surface area is 229 Å². The number of para-hydroxylation sites is 3. The van der Waals surface area contributed by atoms with Gasteiger partial charge >= 0.3 is 6.01 Å². The van der Waals surface area contributed by atoms with Gasteiger partial charge in [-0.1, -0.05) is 63.1 Å². The molecule has 0 bridgehead atoms. The Kier molecular flexibility index (Phi) is 6.94. The van der Waals surface area contributed by atoms with Crippen molar-refractivity contribution in [2.45, 2.75) is 6.92 Å². The van der Waals surface area contributed by atoms with Crippen LogP contribution in [0.1, 0.15) is 5.56 Å². The number of aryl methyl sites for hydroxylation is 1. The van der Waals surface area contributed by atoms with Crippen molar-refractivity contribution in [3.8, 4) is 11.3 Å². The summed E-state index contributed by atoms with van der Waals surface area (Å²) in [7, 11) is 2.00. The van der Waals surface area contributed by atoms with E-state index in [1.54, 1.807) is 0 Å². The molecule has 0 atom stereocenters. The van der Waals surface area contributed by atoms with Crippen molar-refractivity contribution in [3.63, 3.8) is 0 Å². The monoisotopic (exact) mass is 658 g/mol. The minimum absolute atomic E-state index is 0. The molecule has 4 nitrogen and oxygen atoms in total. The minimum Gasteiger partial charge on any atom is -0.516 e. The summed E-state index contributed by atoms with van der Waals surface area (Å²) in [5.74, 6) is 0. The van der Waals surface area contributed by atoms with Crippen molar-refractivity contribution in [2.24, 2.45) is 0 Å². The summed E-state index contributed by atoms with van der Waals surface area (Å²) >= 11 is 0. The number of hydrogen-bond donors (Lipinski definition) is 0. The van der Waals surface area contributed by atoms with Crippen molar-refractivity contribution in [1.82, 2.24) is 9.56 Å². The molecule has 1 aliphatic rings. The van der Waals surface area contributed by atoms with Crippen molar-refractivity contribution < 1.29 is 29.1 Å². The third-order valence-electron chi connectivity index (χ3n) is 6.17. The SMILES string of the molecule is C[N+]1=C=[N+](c2[c-]cc3oc4ccccc4c3c2)c2ccccc21.Cc1ccc(-c2[c-]cccc2)nc1.[Ir]. The predicted molar refractivity (Wildman–Crippen MR) is 145 cm³/mol. The zero-order chi connectivity index (χ0) is 24.5. The van der Waals surface area contributed by atoms with Crippen molar-refractivity contribution in [3.05, 3.63) is 121 Å². The summed E-state index contributed by atoms with van der Waals surface area (Å²) in [5, 5.41) is 2.22. The van der Waals surface area contributed by atoms with Gasteiger partial charge in [0.25, 0.3) is 11.4 Å². The van der Waals surface area contributed by atoms with Gasteiger partial charge in [0.15, 0.2) is 7.05 Å². The van der Waals surface area contributed by atoms with Gasteiger partial charge < -0.3 is 9.40 Å². The molecule has 3 heterocycles. The molecule has 0 saturated carbocycles. The Morgan fingerprint density at radius 3 is 2.38 bits per heavy atom. The maximum Gasteiger partial charge on any atom is 0.494 e. The van der Waals surface area contributed by atoms with Gasteiger partial charge in [-0.15, -0.1) is 48.0 Å². The van der Waals surface area contributed by atoms with Crippen LogP contribution in [0.2, 0.25) is 0 Å². The van der Waals surface area contributed by atoms with Gasteiger partial charge in [0, 0.05) is 49.4 Å². The molecule has 4 aromatic carbocycles. The Morgan fingerprint density at radius 1 is 0.811 bits per heavy atom. The summed E-state index contributed by atoms with van der Waals surface area (Å²) in [5.41, 5.74) is 8.17. The van der Waals surface area contributed by atoms with Crippen LogP contribution in [0.4, 0.5) is 17.1 Å². The van der Waals surface area contributed by atoms with E-state index in [4.69, 9.17) is 4.42 Å². The molecule has 0 N–H and O–H groups in total. The summed E-state index contributed by atoms with van der Waals surface area (Å²) in [6.45, 7) is 2.03. The topological polar surface area (TPSA) is 32.0 Å². The zero-order valence-corrected chi connectivity index (χ0v) is 22.8. The van der Waals surface area contributed by atoms with Crippen LogP contribution in [0.5, 0.6) is 0 Å². The number of benzene rings is 4. The smallest absolute Gasteiger partial charge is 0.494 e. The van der Waals surface area contributed by atoms with E-state index in [1.807, 2.05) is 96.0 Å². The molecule has 7 rings (SSSR count). The first kappa shape index (κ1) is 24.5.